The minimum absolute atomic E-state index is 0.0366. The van der Waals surface area contributed by atoms with Crippen LogP contribution >= 0.6 is 0 Å². The maximum Gasteiger partial charge on any atom is 0.406 e. The van der Waals surface area contributed by atoms with Crippen molar-refractivity contribution < 1.29 is 30.8 Å². The molecule has 0 aliphatic carbocycles. The molecule has 0 aromatic carbocycles. The summed E-state index contributed by atoms with van der Waals surface area (Å²) in [6.45, 7) is -1.96. The molecular formula is C14H19F3N2O4S. The first-order valence-electron chi connectivity index (χ1n) is 7.33. The van der Waals surface area contributed by atoms with Crippen molar-refractivity contribution in [2.75, 3.05) is 31.6 Å². The van der Waals surface area contributed by atoms with Crippen LogP contribution in [0.3, 0.4) is 0 Å². The lowest BCUT2D eigenvalue weighted by molar-refractivity contribution is -0.163. The van der Waals surface area contributed by atoms with E-state index in [9.17, 15) is 26.4 Å². The Bertz CT molecular complexity index is 658. The molecule has 1 aromatic heterocycles. The molecule has 1 aliphatic rings. The van der Waals surface area contributed by atoms with Crippen molar-refractivity contribution in [1.82, 2.24) is 9.80 Å². The number of furan rings is 1. The van der Waals surface area contributed by atoms with E-state index in [0.717, 1.165) is 0 Å². The first kappa shape index (κ1) is 18.8. The molecule has 1 unspecified atom stereocenters. The minimum Gasteiger partial charge on any atom is -0.467 e. The standard InChI is InChI=1S/C14H19F3N2O4S/c1-18(11-4-6-24(21,22)9-11)8-13(20)19(10-14(15,16)17)7-12-3-2-5-23-12/h2-3,5,11H,4,6-10H2,1H3. The fourth-order valence-electron chi connectivity index (χ4n) is 2.60. The molecule has 136 valence electrons. The number of likely N-dealkylation sites (N-methyl/N-ethyl adjacent to an activating group) is 1. The highest BCUT2D eigenvalue weighted by atomic mass is 32.2. The van der Waals surface area contributed by atoms with Crippen molar-refractivity contribution in [1.29, 1.82) is 0 Å². The van der Waals surface area contributed by atoms with Gasteiger partial charge in [-0.05, 0) is 25.6 Å². The van der Waals surface area contributed by atoms with E-state index in [1.807, 2.05) is 0 Å². The Hall–Kier alpha value is -1.55. The summed E-state index contributed by atoms with van der Waals surface area (Å²) in [5.74, 6) is -0.516. The van der Waals surface area contributed by atoms with Gasteiger partial charge in [0.05, 0.1) is 30.9 Å². The third kappa shape index (κ3) is 5.52. The number of hydrogen-bond donors (Lipinski definition) is 0. The molecule has 2 rings (SSSR count). The molecule has 1 saturated heterocycles. The fourth-order valence-corrected chi connectivity index (χ4v) is 4.41. The summed E-state index contributed by atoms with van der Waals surface area (Å²) in [5.41, 5.74) is 0. The topological polar surface area (TPSA) is 70.8 Å². The van der Waals surface area contributed by atoms with Crippen LogP contribution in [0.5, 0.6) is 0 Å². The van der Waals surface area contributed by atoms with Crippen molar-refractivity contribution >= 4 is 15.7 Å². The van der Waals surface area contributed by atoms with Crippen LogP contribution in [0, 0.1) is 0 Å². The molecule has 1 aliphatic heterocycles. The maximum atomic E-state index is 12.7. The molecule has 0 radical (unpaired) electrons. The van der Waals surface area contributed by atoms with Gasteiger partial charge in [-0.15, -0.1) is 0 Å². The minimum atomic E-state index is -4.53. The van der Waals surface area contributed by atoms with Crippen LogP contribution in [-0.2, 0) is 21.2 Å². The zero-order valence-corrected chi connectivity index (χ0v) is 13.9. The number of carbonyl (C=O) groups is 1. The van der Waals surface area contributed by atoms with E-state index in [1.54, 1.807) is 7.05 Å². The molecule has 0 bridgehead atoms. The lowest BCUT2D eigenvalue weighted by Crippen LogP contribution is -2.45. The van der Waals surface area contributed by atoms with Crippen molar-refractivity contribution in [3.63, 3.8) is 0 Å². The van der Waals surface area contributed by atoms with Crippen LogP contribution in [0.25, 0.3) is 0 Å². The molecule has 0 saturated carbocycles. The van der Waals surface area contributed by atoms with Crippen molar-refractivity contribution in [3.8, 4) is 0 Å². The predicted octanol–water partition coefficient (Wildman–Crippen LogP) is 1.29. The molecule has 0 spiro atoms. The normalized spacial score (nSPS) is 20.5. The third-order valence-corrected chi connectivity index (χ3v) is 5.62. The van der Waals surface area contributed by atoms with Gasteiger partial charge in [0.1, 0.15) is 12.3 Å². The average Bonchev–Trinajstić information content (AvgIpc) is 3.05. The van der Waals surface area contributed by atoms with E-state index in [2.05, 4.69) is 0 Å². The summed E-state index contributed by atoms with van der Waals surface area (Å²) in [6, 6.07) is 2.67. The van der Waals surface area contributed by atoms with Crippen molar-refractivity contribution in [2.24, 2.45) is 0 Å². The van der Waals surface area contributed by atoms with Crippen molar-refractivity contribution in [2.45, 2.75) is 25.2 Å². The Morgan fingerprint density at radius 1 is 1.42 bits per heavy atom. The number of halogens is 3. The van der Waals surface area contributed by atoms with Crippen LogP contribution in [0.2, 0.25) is 0 Å². The Morgan fingerprint density at radius 3 is 2.62 bits per heavy atom. The smallest absolute Gasteiger partial charge is 0.406 e. The second-order valence-electron chi connectivity index (χ2n) is 5.92. The van der Waals surface area contributed by atoms with Gasteiger partial charge in [0.25, 0.3) is 0 Å². The van der Waals surface area contributed by atoms with Gasteiger partial charge in [-0.3, -0.25) is 9.69 Å². The van der Waals surface area contributed by atoms with Crippen LogP contribution in [0.4, 0.5) is 13.2 Å². The van der Waals surface area contributed by atoms with E-state index in [1.165, 1.54) is 23.3 Å². The molecule has 2 heterocycles. The van der Waals surface area contributed by atoms with Crippen LogP contribution < -0.4 is 0 Å². The molecule has 1 aromatic rings. The van der Waals surface area contributed by atoms with E-state index >= 15 is 0 Å². The summed E-state index contributed by atoms with van der Waals surface area (Å²) < 4.78 is 66.1. The number of amides is 1. The Labute approximate surface area is 138 Å². The van der Waals surface area contributed by atoms with Gasteiger partial charge >= 0.3 is 6.18 Å². The molecular weight excluding hydrogens is 349 g/mol. The number of alkyl halides is 3. The Morgan fingerprint density at radius 2 is 2.12 bits per heavy atom. The molecule has 24 heavy (non-hydrogen) atoms. The highest BCUT2D eigenvalue weighted by molar-refractivity contribution is 7.91. The summed E-state index contributed by atoms with van der Waals surface area (Å²) >= 11 is 0. The summed E-state index contributed by atoms with van der Waals surface area (Å²) in [4.78, 5) is 14.4. The van der Waals surface area contributed by atoms with E-state index in [0.29, 0.717) is 11.3 Å². The molecule has 6 nitrogen and oxygen atoms in total. The number of hydrogen-bond acceptors (Lipinski definition) is 5. The molecule has 1 fully saturated rings. The lowest BCUT2D eigenvalue weighted by Gasteiger charge is -2.28. The summed E-state index contributed by atoms with van der Waals surface area (Å²) in [5, 5.41) is 0. The second-order valence-corrected chi connectivity index (χ2v) is 8.15. The number of rotatable bonds is 6. The SMILES string of the molecule is CN(CC(=O)N(Cc1ccco1)CC(F)(F)F)C1CCS(=O)(=O)C1. The highest BCUT2D eigenvalue weighted by Gasteiger charge is 2.35. The van der Waals surface area contributed by atoms with Crippen LogP contribution in [-0.4, -0.2) is 68.0 Å². The number of carbonyl (C=O) groups excluding carboxylic acids is 1. The van der Waals surface area contributed by atoms with Crippen LogP contribution in [0.15, 0.2) is 22.8 Å². The van der Waals surface area contributed by atoms with Gasteiger partial charge in [-0.2, -0.15) is 13.2 Å². The van der Waals surface area contributed by atoms with Gasteiger partial charge < -0.3 is 9.32 Å². The van der Waals surface area contributed by atoms with Crippen LogP contribution in [0.1, 0.15) is 12.2 Å². The van der Waals surface area contributed by atoms with Gasteiger partial charge in [0, 0.05) is 6.04 Å². The monoisotopic (exact) mass is 368 g/mol. The quantitative estimate of drug-likeness (QED) is 0.757. The van der Waals surface area contributed by atoms with Crippen molar-refractivity contribution in [3.05, 3.63) is 24.2 Å². The summed E-state index contributed by atoms with van der Waals surface area (Å²) in [7, 11) is -1.58. The molecule has 1 amide bonds. The Kier molecular flexibility index (Phi) is 5.59. The highest BCUT2D eigenvalue weighted by Crippen LogP contribution is 2.20. The second kappa shape index (κ2) is 7.14. The first-order chi connectivity index (χ1) is 11.1. The van der Waals surface area contributed by atoms with E-state index in [4.69, 9.17) is 4.42 Å². The van der Waals surface area contributed by atoms with Gasteiger partial charge in [-0.25, -0.2) is 8.42 Å². The van der Waals surface area contributed by atoms with E-state index in [-0.39, 0.29) is 36.4 Å². The van der Waals surface area contributed by atoms with Gasteiger partial charge in [0.15, 0.2) is 9.84 Å². The predicted molar refractivity (Wildman–Crippen MR) is 79.9 cm³/mol. The fraction of sp³-hybridized carbons (Fsp3) is 0.643. The van der Waals surface area contributed by atoms with Gasteiger partial charge in [-0.1, -0.05) is 0 Å². The average molecular weight is 368 g/mol. The largest absolute Gasteiger partial charge is 0.467 e. The molecule has 1 atom stereocenters. The maximum absolute atomic E-state index is 12.7. The third-order valence-electron chi connectivity index (χ3n) is 3.87. The molecule has 0 N–H and O–H groups in total. The number of nitrogens with zero attached hydrogens (tertiary/aromatic N) is 2. The summed E-state index contributed by atoms with van der Waals surface area (Å²) in [6.07, 6.45) is -2.83. The zero-order valence-electron chi connectivity index (χ0n) is 13.1. The number of sulfone groups is 1. The first-order valence-corrected chi connectivity index (χ1v) is 9.15. The zero-order chi connectivity index (χ0) is 18.0. The van der Waals surface area contributed by atoms with Gasteiger partial charge in [0.2, 0.25) is 5.91 Å². The molecule has 10 heteroatoms. The Balaban J connectivity index is 2.01. The lowest BCUT2D eigenvalue weighted by atomic mass is 10.2. The van der Waals surface area contributed by atoms with E-state index < -0.39 is 28.5 Å².